The second-order valence-corrected chi connectivity index (χ2v) is 2.02. The lowest BCUT2D eigenvalue weighted by Gasteiger charge is -2.21. The van der Waals surface area contributed by atoms with Crippen molar-refractivity contribution in [3.05, 3.63) is 0 Å². The zero-order valence-electron chi connectivity index (χ0n) is 5.91. The Balaban J connectivity index is 0. The highest BCUT2D eigenvalue weighted by Gasteiger charge is 2.23. The van der Waals surface area contributed by atoms with Crippen LogP contribution in [0.4, 0.5) is 0 Å². The molecule has 4 N–H and O–H groups in total. The SMILES string of the molecule is COCC(O)(CN)CO.Cl. The number of hydrogen-bond acceptors (Lipinski definition) is 4. The van der Waals surface area contributed by atoms with Crippen molar-refractivity contribution < 1.29 is 14.9 Å². The van der Waals surface area contributed by atoms with Gasteiger partial charge < -0.3 is 20.7 Å². The van der Waals surface area contributed by atoms with E-state index in [0.29, 0.717) is 0 Å². The fraction of sp³-hybridized carbons (Fsp3) is 1.00. The van der Waals surface area contributed by atoms with Gasteiger partial charge in [0.25, 0.3) is 0 Å². The molecule has 0 aromatic heterocycles. The second-order valence-electron chi connectivity index (χ2n) is 2.02. The Hall–Kier alpha value is 0.130. The molecule has 0 saturated heterocycles. The molecule has 5 heteroatoms. The molecule has 0 aliphatic carbocycles. The molecule has 4 nitrogen and oxygen atoms in total. The Labute approximate surface area is 66.4 Å². The van der Waals surface area contributed by atoms with Gasteiger partial charge in [0, 0.05) is 13.7 Å². The lowest BCUT2D eigenvalue weighted by Crippen LogP contribution is -2.45. The van der Waals surface area contributed by atoms with Gasteiger partial charge in [-0.05, 0) is 0 Å². The monoisotopic (exact) mass is 171 g/mol. The Morgan fingerprint density at radius 3 is 2.20 bits per heavy atom. The van der Waals surface area contributed by atoms with Gasteiger partial charge in [0.2, 0.25) is 0 Å². The summed E-state index contributed by atoms with van der Waals surface area (Å²) in [7, 11) is 1.44. The standard InChI is InChI=1S/C5H13NO3.ClH/c1-9-4-5(8,2-6)3-7;/h7-8H,2-4,6H2,1H3;1H. The average molecular weight is 172 g/mol. The van der Waals surface area contributed by atoms with Crippen molar-refractivity contribution in [2.45, 2.75) is 5.60 Å². The molecule has 64 valence electrons. The van der Waals surface area contributed by atoms with Crippen LogP contribution in [-0.4, -0.2) is 42.7 Å². The molecule has 0 saturated carbocycles. The van der Waals surface area contributed by atoms with Gasteiger partial charge in [-0.15, -0.1) is 12.4 Å². The van der Waals surface area contributed by atoms with Gasteiger partial charge in [0.1, 0.15) is 5.60 Å². The topological polar surface area (TPSA) is 75.7 Å². The number of halogens is 1. The van der Waals surface area contributed by atoms with Crippen LogP contribution in [-0.2, 0) is 4.74 Å². The van der Waals surface area contributed by atoms with Crippen molar-refractivity contribution in [2.24, 2.45) is 5.73 Å². The molecule has 1 atom stereocenters. The van der Waals surface area contributed by atoms with E-state index in [1.165, 1.54) is 7.11 Å². The van der Waals surface area contributed by atoms with Crippen molar-refractivity contribution in [3.63, 3.8) is 0 Å². The van der Waals surface area contributed by atoms with Crippen molar-refractivity contribution in [2.75, 3.05) is 26.9 Å². The van der Waals surface area contributed by atoms with Crippen LogP contribution in [0.2, 0.25) is 0 Å². The van der Waals surface area contributed by atoms with Crippen LogP contribution in [0.5, 0.6) is 0 Å². The Kier molecular flexibility index (Phi) is 7.51. The van der Waals surface area contributed by atoms with Crippen LogP contribution >= 0.6 is 12.4 Å². The molecule has 0 aromatic carbocycles. The van der Waals surface area contributed by atoms with Crippen LogP contribution in [0.25, 0.3) is 0 Å². The minimum absolute atomic E-state index is 0. The van der Waals surface area contributed by atoms with Gasteiger partial charge in [0.05, 0.1) is 13.2 Å². The van der Waals surface area contributed by atoms with Crippen molar-refractivity contribution in [1.82, 2.24) is 0 Å². The van der Waals surface area contributed by atoms with E-state index in [2.05, 4.69) is 4.74 Å². The molecule has 0 radical (unpaired) electrons. The third-order valence-electron chi connectivity index (χ3n) is 1.09. The summed E-state index contributed by atoms with van der Waals surface area (Å²) >= 11 is 0. The quantitative estimate of drug-likeness (QED) is 0.494. The highest BCUT2D eigenvalue weighted by atomic mass is 35.5. The molecular formula is C5H14ClNO3. The maximum Gasteiger partial charge on any atom is 0.123 e. The van der Waals surface area contributed by atoms with Crippen molar-refractivity contribution >= 4 is 12.4 Å². The summed E-state index contributed by atoms with van der Waals surface area (Å²) in [5.41, 5.74) is 3.86. The summed E-state index contributed by atoms with van der Waals surface area (Å²) in [4.78, 5) is 0. The summed E-state index contributed by atoms with van der Waals surface area (Å²) in [6, 6.07) is 0. The zero-order chi connectivity index (χ0) is 7.33. The van der Waals surface area contributed by atoms with E-state index in [1.807, 2.05) is 0 Å². The van der Waals surface area contributed by atoms with Gasteiger partial charge in [-0.25, -0.2) is 0 Å². The zero-order valence-corrected chi connectivity index (χ0v) is 6.73. The summed E-state index contributed by atoms with van der Waals surface area (Å²) in [6.07, 6.45) is 0. The maximum absolute atomic E-state index is 9.13. The van der Waals surface area contributed by atoms with Crippen LogP contribution in [0, 0.1) is 0 Å². The third kappa shape index (κ3) is 4.03. The molecule has 0 aromatic rings. The summed E-state index contributed by atoms with van der Waals surface area (Å²) in [5.74, 6) is 0. The van der Waals surface area contributed by atoms with E-state index in [9.17, 15) is 0 Å². The molecule has 0 spiro atoms. The Morgan fingerprint density at radius 1 is 1.60 bits per heavy atom. The number of aliphatic hydroxyl groups excluding tert-OH is 1. The predicted molar refractivity (Wildman–Crippen MR) is 40.2 cm³/mol. The predicted octanol–water partition coefficient (Wildman–Crippen LogP) is -1.26. The summed E-state index contributed by atoms with van der Waals surface area (Å²) in [6.45, 7) is -0.283. The molecule has 0 aliphatic heterocycles. The molecule has 0 rings (SSSR count). The fourth-order valence-corrected chi connectivity index (χ4v) is 0.438. The lowest BCUT2D eigenvalue weighted by atomic mass is 10.1. The third-order valence-corrected chi connectivity index (χ3v) is 1.09. The molecule has 10 heavy (non-hydrogen) atoms. The first-order valence-electron chi connectivity index (χ1n) is 2.71. The lowest BCUT2D eigenvalue weighted by molar-refractivity contribution is -0.0595. The minimum Gasteiger partial charge on any atom is -0.393 e. The Morgan fingerprint density at radius 2 is 2.10 bits per heavy atom. The maximum atomic E-state index is 9.13. The molecule has 0 heterocycles. The number of ether oxygens (including phenoxy) is 1. The van der Waals surface area contributed by atoms with Crippen LogP contribution in [0.15, 0.2) is 0 Å². The van der Waals surface area contributed by atoms with Crippen LogP contribution < -0.4 is 5.73 Å². The molecule has 0 bridgehead atoms. The van der Waals surface area contributed by atoms with Gasteiger partial charge in [-0.2, -0.15) is 0 Å². The normalized spacial score (nSPS) is 15.6. The van der Waals surface area contributed by atoms with E-state index in [-0.39, 0.29) is 32.2 Å². The molecule has 0 aliphatic rings. The van der Waals surface area contributed by atoms with E-state index < -0.39 is 5.60 Å². The smallest absolute Gasteiger partial charge is 0.123 e. The van der Waals surface area contributed by atoms with Crippen molar-refractivity contribution in [3.8, 4) is 0 Å². The number of rotatable bonds is 4. The van der Waals surface area contributed by atoms with Gasteiger partial charge >= 0.3 is 0 Å². The average Bonchev–Trinajstić information content (AvgIpc) is 1.89. The van der Waals surface area contributed by atoms with Gasteiger partial charge in [-0.1, -0.05) is 0 Å². The highest BCUT2D eigenvalue weighted by molar-refractivity contribution is 5.85. The second kappa shape index (κ2) is 5.88. The van der Waals surface area contributed by atoms with Crippen LogP contribution in [0.3, 0.4) is 0 Å². The fourth-order valence-electron chi connectivity index (χ4n) is 0.438. The summed E-state index contributed by atoms with van der Waals surface area (Å²) in [5, 5.41) is 17.6. The van der Waals surface area contributed by atoms with E-state index in [1.54, 1.807) is 0 Å². The minimum atomic E-state index is -1.26. The van der Waals surface area contributed by atoms with Gasteiger partial charge in [0.15, 0.2) is 0 Å². The van der Waals surface area contributed by atoms with E-state index >= 15 is 0 Å². The molecular weight excluding hydrogens is 158 g/mol. The first-order valence-corrected chi connectivity index (χ1v) is 2.71. The number of nitrogens with two attached hydrogens (primary N) is 1. The first-order chi connectivity index (χ1) is 4.18. The van der Waals surface area contributed by atoms with Gasteiger partial charge in [-0.3, -0.25) is 0 Å². The first kappa shape index (κ1) is 12.8. The summed E-state index contributed by atoms with van der Waals surface area (Å²) < 4.78 is 4.60. The Bertz CT molecular complexity index is 77.3. The molecule has 0 fully saturated rings. The van der Waals surface area contributed by atoms with Crippen LogP contribution in [0.1, 0.15) is 0 Å². The number of methoxy groups -OCH3 is 1. The molecule has 1 unspecified atom stereocenters. The van der Waals surface area contributed by atoms with E-state index in [4.69, 9.17) is 15.9 Å². The molecule has 0 amide bonds. The highest BCUT2D eigenvalue weighted by Crippen LogP contribution is 1.99. The largest absolute Gasteiger partial charge is 0.393 e. The van der Waals surface area contributed by atoms with Crippen molar-refractivity contribution in [1.29, 1.82) is 0 Å². The number of hydrogen-bond donors (Lipinski definition) is 3. The number of aliphatic hydroxyl groups is 2. The van der Waals surface area contributed by atoms with E-state index in [0.717, 1.165) is 0 Å².